The quantitative estimate of drug-likeness (QED) is 0.539. The number of benzene rings is 2. The molecule has 0 unspecified atom stereocenters. The standard InChI is InChI=1S/C23H21N3O3/c27-20(25-12-10-17(11-13-25)16-6-2-1-3-7-16)14-26-15-24-21-18-8-4-5-9-19(18)29-22(21)23(26)28/h1-9,15,17H,10-14H2. The van der Waals surface area contributed by atoms with Crippen molar-refractivity contribution >= 4 is 28.0 Å². The van der Waals surface area contributed by atoms with Gasteiger partial charge in [0.25, 0.3) is 5.56 Å². The maximum absolute atomic E-state index is 12.8. The molecule has 0 N–H and O–H groups in total. The lowest BCUT2D eigenvalue weighted by molar-refractivity contribution is -0.132. The monoisotopic (exact) mass is 387 g/mol. The van der Waals surface area contributed by atoms with Gasteiger partial charge in [0.15, 0.2) is 0 Å². The molecule has 0 saturated carbocycles. The summed E-state index contributed by atoms with van der Waals surface area (Å²) >= 11 is 0. The number of rotatable bonds is 3. The Bertz CT molecular complexity index is 1230. The Kier molecular flexibility index (Phi) is 4.39. The van der Waals surface area contributed by atoms with Crippen LogP contribution in [0.25, 0.3) is 22.1 Å². The van der Waals surface area contributed by atoms with Crippen LogP contribution >= 0.6 is 0 Å². The number of hydrogen-bond donors (Lipinski definition) is 0. The third-order valence-corrected chi connectivity index (χ3v) is 5.77. The van der Waals surface area contributed by atoms with Gasteiger partial charge in [-0.25, -0.2) is 4.98 Å². The fraction of sp³-hybridized carbons (Fsp3) is 0.261. The van der Waals surface area contributed by atoms with Crippen molar-refractivity contribution in [2.75, 3.05) is 13.1 Å². The minimum absolute atomic E-state index is 0.0190. The van der Waals surface area contributed by atoms with Crippen molar-refractivity contribution in [2.45, 2.75) is 25.3 Å². The number of carbonyl (C=O) groups excluding carboxylic acids is 1. The molecule has 5 rings (SSSR count). The Labute approximate surface area is 167 Å². The van der Waals surface area contributed by atoms with Gasteiger partial charge in [-0.2, -0.15) is 0 Å². The predicted molar refractivity (Wildman–Crippen MR) is 111 cm³/mol. The summed E-state index contributed by atoms with van der Waals surface area (Å²) in [4.78, 5) is 31.8. The van der Waals surface area contributed by atoms with Gasteiger partial charge in [-0.15, -0.1) is 0 Å². The van der Waals surface area contributed by atoms with E-state index in [1.807, 2.05) is 35.2 Å². The second kappa shape index (κ2) is 7.20. The van der Waals surface area contributed by atoms with E-state index in [1.54, 1.807) is 0 Å². The van der Waals surface area contributed by atoms with Gasteiger partial charge < -0.3 is 9.32 Å². The third-order valence-electron chi connectivity index (χ3n) is 5.77. The van der Waals surface area contributed by atoms with E-state index in [4.69, 9.17) is 4.42 Å². The fourth-order valence-corrected chi connectivity index (χ4v) is 4.16. The van der Waals surface area contributed by atoms with Crippen LogP contribution in [0.4, 0.5) is 0 Å². The number of nitrogens with zero attached hydrogens (tertiary/aromatic N) is 3. The number of amides is 1. The van der Waals surface area contributed by atoms with Gasteiger partial charge in [0, 0.05) is 18.5 Å². The van der Waals surface area contributed by atoms with E-state index in [0.717, 1.165) is 18.2 Å². The average molecular weight is 387 g/mol. The van der Waals surface area contributed by atoms with Crippen LogP contribution < -0.4 is 5.56 Å². The zero-order valence-corrected chi connectivity index (χ0v) is 16.0. The number of furan rings is 1. The lowest BCUT2D eigenvalue weighted by Crippen LogP contribution is -2.41. The molecular weight excluding hydrogens is 366 g/mol. The van der Waals surface area contributed by atoms with Crippen LogP contribution in [-0.2, 0) is 11.3 Å². The molecule has 6 nitrogen and oxygen atoms in total. The number of piperidine rings is 1. The second-order valence-corrected chi connectivity index (χ2v) is 7.52. The molecule has 146 valence electrons. The van der Waals surface area contributed by atoms with Gasteiger partial charge in [0.1, 0.15) is 17.6 Å². The number of aromatic nitrogens is 2. The first-order valence-corrected chi connectivity index (χ1v) is 9.90. The zero-order chi connectivity index (χ0) is 19.8. The van der Waals surface area contributed by atoms with Crippen molar-refractivity contribution < 1.29 is 9.21 Å². The summed E-state index contributed by atoms with van der Waals surface area (Å²) in [7, 11) is 0. The highest BCUT2D eigenvalue weighted by molar-refractivity contribution is 6.01. The molecule has 0 atom stereocenters. The Balaban J connectivity index is 1.32. The first-order valence-electron chi connectivity index (χ1n) is 9.90. The van der Waals surface area contributed by atoms with Crippen molar-refractivity contribution in [1.82, 2.24) is 14.5 Å². The van der Waals surface area contributed by atoms with Gasteiger partial charge in [-0.3, -0.25) is 14.2 Å². The SMILES string of the molecule is O=C(Cn1cnc2c(oc3ccccc32)c1=O)N1CCC(c2ccccc2)CC1. The molecule has 3 heterocycles. The third kappa shape index (κ3) is 3.20. The molecule has 6 heteroatoms. The Morgan fingerprint density at radius 1 is 1.03 bits per heavy atom. The zero-order valence-electron chi connectivity index (χ0n) is 16.0. The maximum Gasteiger partial charge on any atom is 0.297 e. The summed E-state index contributed by atoms with van der Waals surface area (Å²) in [5.41, 5.74) is 2.37. The molecular formula is C23H21N3O3. The molecule has 0 radical (unpaired) electrons. The first kappa shape index (κ1) is 17.7. The first-order chi connectivity index (χ1) is 14.2. The second-order valence-electron chi connectivity index (χ2n) is 7.52. The summed E-state index contributed by atoms with van der Waals surface area (Å²) in [5, 5.41) is 0.807. The van der Waals surface area contributed by atoms with Crippen molar-refractivity contribution in [3.63, 3.8) is 0 Å². The lowest BCUT2D eigenvalue weighted by Gasteiger charge is -2.32. The number of likely N-dealkylation sites (tertiary alicyclic amines) is 1. The topological polar surface area (TPSA) is 68.3 Å². The van der Waals surface area contributed by atoms with Crippen molar-refractivity contribution in [3.05, 3.63) is 76.8 Å². The molecule has 1 aliphatic rings. The number of para-hydroxylation sites is 1. The minimum Gasteiger partial charge on any atom is -0.448 e. The van der Waals surface area contributed by atoms with Crippen LogP contribution in [0.3, 0.4) is 0 Å². The van der Waals surface area contributed by atoms with E-state index in [1.165, 1.54) is 16.5 Å². The summed E-state index contributed by atoms with van der Waals surface area (Å²) in [6.07, 6.45) is 3.32. The van der Waals surface area contributed by atoms with Gasteiger partial charge in [-0.1, -0.05) is 42.5 Å². The van der Waals surface area contributed by atoms with Crippen LogP contribution in [0.5, 0.6) is 0 Å². The van der Waals surface area contributed by atoms with E-state index >= 15 is 0 Å². The molecule has 1 saturated heterocycles. The molecule has 1 amide bonds. The van der Waals surface area contributed by atoms with Crippen LogP contribution in [0.1, 0.15) is 24.3 Å². The molecule has 1 fully saturated rings. The van der Waals surface area contributed by atoms with E-state index < -0.39 is 0 Å². The Morgan fingerprint density at radius 2 is 1.76 bits per heavy atom. The van der Waals surface area contributed by atoms with E-state index in [2.05, 4.69) is 29.2 Å². The number of fused-ring (bicyclic) bond motifs is 3. The highest BCUT2D eigenvalue weighted by Crippen LogP contribution is 2.28. The molecule has 2 aromatic heterocycles. The largest absolute Gasteiger partial charge is 0.448 e. The summed E-state index contributed by atoms with van der Waals surface area (Å²) in [5.74, 6) is 0.424. The summed E-state index contributed by atoms with van der Waals surface area (Å²) in [6.45, 7) is 1.38. The minimum atomic E-state index is -0.321. The van der Waals surface area contributed by atoms with E-state index in [0.29, 0.717) is 30.1 Å². The van der Waals surface area contributed by atoms with Crippen LogP contribution in [0.2, 0.25) is 0 Å². The van der Waals surface area contributed by atoms with Gasteiger partial charge in [0.05, 0.1) is 6.33 Å². The Morgan fingerprint density at radius 3 is 2.55 bits per heavy atom. The maximum atomic E-state index is 12.8. The predicted octanol–water partition coefficient (Wildman–Crippen LogP) is 3.55. The van der Waals surface area contributed by atoms with E-state index in [-0.39, 0.29) is 23.6 Å². The summed E-state index contributed by atoms with van der Waals surface area (Å²) < 4.78 is 7.04. The van der Waals surface area contributed by atoms with Crippen molar-refractivity contribution in [1.29, 1.82) is 0 Å². The summed E-state index contributed by atoms with van der Waals surface area (Å²) in [6, 6.07) is 17.8. The van der Waals surface area contributed by atoms with Crippen molar-refractivity contribution in [3.8, 4) is 0 Å². The fourth-order valence-electron chi connectivity index (χ4n) is 4.16. The molecule has 2 aromatic carbocycles. The van der Waals surface area contributed by atoms with Gasteiger partial charge >= 0.3 is 0 Å². The molecule has 1 aliphatic heterocycles. The molecule has 29 heavy (non-hydrogen) atoms. The van der Waals surface area contributed by atoms with Crippen molar-refractivity contribution in [2.24, 2.45) is 0 Å². The smallest absolute Gasteiger partial charge is 0.297 e. The van der Waals surface area contributed by atoms with E-state index in [9.17, 15) is 9.59 Å². The molecule has 4 aromatic rings. The van der Waals surface area contributed by atoms with Gasteiger partial charge in [0.2, 0.25) is 11.5 Å². The highest BCUT2D eigenvalue weighted by Gasteiger charge is 2.24. The van der Waals surface area contributed by atoms with Crippen LogP contribution in [0, 0.1) is 0 Å². The normalized spacial score (nSPS) is 15.2. The molecule has 0 aliphatic carbocycles. The lowest BCUT2D eigenvalue weighted by atomic mass is 9.89. The Hall–Kier alpha value is -3.41. The molecule has 0 bridgehead atoms. The van der Waals surface area contributed by atoms with Gasteiger partial charge in [-0.05, 0) is 36.5 Å². The van der Waals surface area contributed by atoms with Crippen LogP contribution in [-0.4, -0.2) is 33.4 Å². The molecule has 0 spiro atoms. The average Bonchev–Trinajstić information content (AvgIpc) is 3.16. The number of hydrogen-bond acceptors (Lipinski definition) is 4. The number of carbonyl (C=O) groups is 1. The highest BCUT2D eigenvalue weighted by atomic mass is 16.3. The van der Waals surface area contributed by atoms with Crippen LogP contribution in [0.15, 0.2) is 70.1 Å².